The summed E-state index contributed by atoms with van der Waals surface area (Å²) >= 11 is 0. The average molecular weight is 277 g/mol. The third kappa shape index (κ3) is 2.89. The largest absolute Gasteiger partial charge is 0.480 e. The van der Waals surface area contributed by atoms with E-state index < -0.39 is 12.0 Å². The van der Waals surface area contributed by atoms with E-state index in [2.05, 4.69) is 9.88 Å². The molecule has 0 bridgehead atoms. The predicted octanol–water partition coefficient (Wildman–Crippen LogP) is 1.23. The van der Waals surface area contributed by atoms with E-state index in [1.165, 1.54) is 37.9 Å². The van der Waals surface area contributed by atoms with Gasteiger partial charge in [-0.3, -0.25) is 4.79 Å². The molecule has 6 nitrogen and oxygen atoms in total. The maximum atomic E-state index is 12.1. The van der Waals surface area contributed by atoms with Gasteiger partial charge < -0.3 is 14.9 Å². The Labute approximate surface area is 118 Å². The SMILES string of the molecule is CC(C(=O)O)N(C)C(=O)c1ccc(N2CCCC2)nc1. The molecular formula is C14H19N3O3. The number of carboxylic acids is 1. The smallest absolute Gasteiger partial charge is 0.326 e. The van der Waals surface area contributed by atoms with E-state index in [0.717, 1.165) is 18.9 Å². The Morgan fingerprint density at radius 2 is 2.00 bits per heavy atom. The van der Waals surface area contributed by atoms with Crippen molar-refractivity contribution in [2.75, 3.05) is 25.0 Å². The molecule has 20 heavy (non-hydrogen) atoms. The molecule has 1 aliphatic heterocycles. The molecule has 0 saturated carbocycles. The van der Waals surface area contributed by atoms with Gasteiger partial charge in [0.2, 0.25) is 0 Å². The first-order valence-electron chi connectivity index (χ1n) is 6.71. The van der Waals surface area contributed by atoms with Gasteiger partial charge in [-0.05, 0) is 31.9 Å². The molecule has 2 heterocycles. The highest BCUT2D eigenvalue weighted by molar-refractivity contribution is 5.96. The van der Waals surface area contributed by atoms with Crippen molar-refractivity contribution >= 4 is 17.7 Å². The topological polar surface area (TPSA) is 73.7 Å². The van der Waals surface area contributed by atoms with E-state index in [0.29, 0.717) is 5.56 Å². The quantitative estimate of drug-likeness (QED) is 0.896. The molecule has 0 aromatic carbocycles. The first-order valence-corrected chi connectivity index (χ1v) is 6.71. The van der Waals surface area contributed by atoms with Crippen molar-refractivity contribution < 1.29 is 14.7 Å². The summed E-state index contributed by atoms with van der Waals surface area (Å²) in [6.07, 6.45) is 3.85. The van der Waals surface area contributed by atoms with Crippen LogP contribution in [-0.4, -0.2) is 53.0 Å². The second-order valence-electron chi connectivity index (χ2n) is 5.03. The third-order valence-electron chi connectivity index (χ3n) is 3.68. The van der Waals surface area contributed by atoms with Crippen LogP contribution in [0.4, 0.5) is 5.82 Å². The van der Waals surface area contributed by atoms with Gasteiger partial charge in [-0.25, -0.2) is 9.78 Å². The lowest BCUT2D eigenvalue weighted by Crippen LogP contribution is -2.40. The second kappa shape index (κ2) is 5.90. The summed E-state index contributed by atoms with van der Waals surface area (Å²) in [5, 5.41) is 8.92. The number of nitrogens with zero attached hydrogens (tertiary/aromatic N) is 3. The van der Waals surface area contributed by atoms with Crippen LogP contribution in [0.25, 0.3) is 0 Å². The predicted molar refractivity (Wildman–Crippen MR) is 74.9 cm³/mol. The highest BCUT2D eigenvalue weighted by atomic mass is 16.4. The zero-order valence-corrected chi connectivity index (χ0v) is 11.7. The Morgan fingerprint density at radius 3 is 2.50 bits per heavy atom. The fourth-order valence-corrected chi connectivity index (χ4v) is 2.19. The summed E-state index contributed by atoms with van der Waals surface area (Å²) in [7, 11) is 1.48. The van der Waals surface area contributed by atoms with Crippen LogP contribution in [0.1, 0.15) is 30.1 Å². The minimum atomic E-state index is -1.03. The van der Waals surface area contributed by atoms with Crippen molar-refractivity contribution in [3.8, 4) is 0 Å². The number of likely N-dealkylation sites (N-methyl/N-ethyl adjacent to an activating group) is 1. The van der Waals surface area contributed by atoms with E-state index in [1.807, 2.05) is 6.07 Å². The van der Waals surface area contributed by atoms with Gasteiger partial charge in [0.15, 0.2) is 0 Å². The number of carbonyl (C=O) groups is 2. The van der Waals surface area contributed by atoms with Crippen LogP contribution in [-0.2, 0) is 4.79 Å². The number of aliphatic carboxylic acids is 1. The molecule has 108 valence electrons. The van der Waals surface area contributed by atoms with Crippen molar-refractivity contribution in [1.82, 2.24) is 9.88 Å². The second-order valence-corrected chi connectivity index (χ2v) is 5.03. The summed E-state index contributed by atoms with van der Waals surface area (Å²) < 4.78 is 0. The number of pyridine rings is 1. The molecule has 1 saturated heterocycles. The minimum absolute atomic E-state index is 0.333. The number of carbonyl (C=O) groups excluding carboxylic acids is 1. The number of carboxylic acid groups (broad SMARTS) is 1. The van der Waals surface area contributed by atoms with E-state index in [4.69, 9.17) is 5.11 Å². The third-order valence-corrected chi connectivity index (χ3v) is 3.68. The van der Waals surface area contributed by atoms with Gasteiger partial charge in [0.05, 0.1) is 5.56 Å². The maximum Gasteiger partial charge on any atom is 0.326 e. The van der Waals surface area contributed by atoms with Gasteiger partial charge in [0, 0.05) is 26.3 Å². The van der Waals surface area contributed by atoms with E-state index in [-0.39, 0.29) is 5.91 Å². The summed E-state index contributed by atoms with van der Waals surface area (Å²) in [5.74, 6) is -0.490. The molecule has 1 atom stereocenters. The number of anilines is 1. The number of hydrogen-bond donors (Lipinski definition) is 1. The van der Waals surface area contributed by atoms with Crippen molar-refractivity contribution in [3.05, 3.63) is 23.9 Å². The molecule has 1 N–H and O–H groups in total. The van der Waals surface area contributed by atoms with E-state index >= 15 is 0 Å². The first-order chi connectivity index (χ1) is 9.50. The van der Waals surface area contributed by atoms with Crippen molar-refractivity contribution in [2.45, 2.75) is 25.8 Å². The van der Waals surface area contributed by atoms with E-state index in [1.54, 1.807) is 6.07 Å². The summed E-state index contributed by atoms with van der Waals surface area (Å²) in [6, 6.07) is 2.66. The lowest BCUT2D eigenvalue weighted by molar-refractivity contribution is -0.141. The van der Waals surface area contributed by atoms with E-state index in [9.17, 15) is 9.59 Å². The molecular weight excluding hydrogens is 258 g/mol. The summed E-state index contributed by atoms with van der Waals surface area (Å²) in [6.45, 7) is 3.47. The summed E-state index contributed by atoms with van der Waals surface area (Å²) in [5.41, 5.74) is 0.406. The molecule has 1 aromatic heterocycles. The highest BCUT2D eigenvalue weighted by Crippen LogP contribution is 2.18. The fourth-order valence-electron chi connectivity index (χ4n) is 2.19. The molecule has 1 aliphatic rings. The van der Waals surface area contributed by atoms with Gasteiger partial charge in [-0.2, -0.15) is 0 Å². The molecule has 0 spiro atoms. The molecule has 6 heteroatoms. The van der Waals surface area contributed by atoms with Crippen LogP contribution >= 0.6 is 0 Å². The zero-order valence-electron chi connectivity index (χ0n) is 11.7. The Morgan fingerprint density at radius 1 is 1.35 bits per heavy atom. The Balaban J connectivity index is 2.09. The Kier molecular flexibility index (Phi) is 4.22. The lowest BCUT2D eigenvalue weighted by atomic mass is 10.2. The number of hydrogen-bond acceptors (Lipinski definition) is 4. The standard InChI is InChI=1S/C14H19N3O3/c1-10(14(19)20)16(2)13(18)11-5-6-12(15-9-11)17-7-3-4-8-17/h5-6,9-10H,3-4,7-8H2,1-2H3,(H,19,20). The summed E-state index contributed by atoms with van der Waals surface area (Å²) in [4.78, 5) is 30.7. The zero-order chi connectivity index (χ0) is 14.7. The normalized spacial score (nSPS) is 16.0. The van der Waals surface area contributed by atoms with Crippen LogP contribution in [0.5, 0.6) is 0 Å². The van der Waals surface area contributed by atoms with Crippen LogP contribution < -0.4 is 4.90 Å². The molecule has 1 fully saturated rings. The molecule has 1 amide bonds. The van der Waals surface area contributed by atoms with Gasteiger partial charge in [-0.1, -0.05) is 0 Å². The van der Waals surface area contributed by atoms with Crippen LogP contribution in [0.3, 0.4) is 0 Å². The lowest BCUT2D eigenvalue weighted by Gasteiger charge is -2.22. The van der Waals surface area contributed by atoms with Gasteiger partial charge >= 0.3 is 5.97 Å². The molecule has 0 aliphatic carbocycles. The van der Waals surface area contributed by atoms with Gasteiger partial charge in [0.25, 0.3) is 5.91 Å². The van der Waals surface area contributed by atoms with Crippen LogP contribution in [0, 0.1) is 0 Å². The van der Waals surface area contributed by atoms with Crippen molar-refractivity contribution in [3.63, 3.8) is 0 Å². The number of aromatic nitrogens is 1. The van der Waals surface area contributed by atoms with Gasteiger partial charge in [-0.15, -0.1) is 0 Å². The van der Waals surface area contributed by atoms with Gasteiger partial charge in [0.1, 0.15) is 11.9 Å². The molecule has 0 radical (unpaired) electrons. The maximum absolute atomic E-state index is 12.1. The molecule has 1 aromatic rings. The monoisotopic (exact) mass is 277 g/mol. The van der Waals surface area contributed by atoms with Crippen LogP contribution in [0.2, 0.25) is 0 Å². The minimum Gasteiger partial charge on any atom is -0.480 e. The number of rotatable bonds is 4. The van der Waals surface area contributed by atoms with Crippen molar-refractivity contribution in [1.29, 1.82) is 0 Å². The fraction of sp³-hybridized carbons (Fsp3) is 0.500. The van der Waals surface area contributed by atoms with Crippen LogP contribution in [0.15, 0.2) is 18.3 Å². The molecule has 1 unspecified atom stereocenters. The Bertz CT molecular complexity index is 495. The number of amides is 1. The first kappa shape index (κ1) is 14.3. The Hall–Kier alpha value is -2.11. The molecule has 2 rings (SSSR count). The highest BCUT2D eigenvalue weighted by Gasteiger charge is 2.23. The average Bonchev–Trinajstić information content (AvgIpc) is 2.99. The van der Waals surface area contributed by atoms with Crippen molar-refractivity contribution in [2.24, 2.45) is 0 Å².